The van der Waals surface area contributed by atoms with E-state index in [-0.39, 0.29) is 0 Å². The minimum atomic E-state index is 0.621. The molecule has 0 saturated carbocycles. The number of hydrogen-bond donors (Lipinski definition) is 0. The van der Waals surface area contributed by atoms with Gasteiger partial charge in [-0.3, -0.25) is 0 Å². The average Bonchev–Trinajstić information content (AvgIpc) is 2.49. The van der Waals surface area contributed by atoms with Gasteiger partial charge < -0.3 is 0 Å². The third-order valence-corrected chi connectivity index (χ3v) is 3.47. The first-order valence-corrected chi connectivity index (χ1v) is 7.79. The van der Waals surface area contributed by atoms with Gasteiger partial charge in [0, 0.05) is 0 Å². The Morgan fingerprint density at radius 1 is 0.700 bits per heavy atom. The Bertz CT molecular complexity index is 474. The number of rotatable bonds is 4. The van der Waals surface area contributed by atoms with Crippen molar-refractivity contribution in [2.75, 3.05) is 0 Å². The normalized spacial score (nSPS) is 10.1. The Morgan fingerprint density at radius 2 is 1.10 bits per heavy atom. The Hall–Kier alpha value is -1.56. The van der Waals surface area contributed by atoms with Crippen LogP contribution in [0.25, 0.3) is 0 Å². The maximum Gasteiger partial charge on any atom is -0.0219 e. The molecule has 0 amide bonds. The first-order chi connectivity index (χ1) is 9.65. The van der Waals surface area contributed by atoms with E-state index in [4.69, 9.17) is 0 Å². The van der Waals surface area contributed by atoms with E-state index in [2.05, 4.69) is 69.3 Å². The lowest BCUT2D eigenvalue weighted by atomic mass is 9.99. The van der Waals surface area contributed by atoms with Crippen LogP contribution in [0.5, 0.6) is 0 Å². The summed E-state index contributed by atoms with van der Waals surface area (Å²) in [6.07, 6.45) is 2.25. The molecule has 0 nitrogen and oxygen atoms in total. The standard InChI is InChI=1S/C18H22.C2H6/c1-14(2)18-12-10-17(11-13-18)9-8-16-6-4-15(3)5-7-16;1-2/h4-7,10-14H,8-9H2,1-3H3;1-2H3. The van der Waals surface area contributed by atoms with Crippen LogP contribution in [0.15, 0.2) is 48.5 Å². The molecule has 0 saturated heterocycles. The van der Waals surface area contributed by atoms with Crippen LogP contribution in [0, 0.1) is 6.92 Å². The van der Waals surface area contributed by atoms with Gasteiger partial charge in [0.05, 0.1) is 0 Å². The van der Waals surface area contributed by atoms with Crippen LogP contribution in [-0.2, 0) is 12.8 Å². The first-order valence-electron chi connectivity index (χ1n) is 7.79. The summed E-state index contributed by atoms with van der Waals surface area (Å²) in [6, 6.07) is 17.9. The van der Waals surface area contributed by atoms with Crippen molar-refractivity contribution in [1.82, 2.24) is 0 Å². The zero-order valence-electron chi connectivity index (χ0n) is 13.6. The van der Waals surface area contributed by atoms with Crippen LogP contribution in [-0.4, -0.2) is 0 Å². The molecule has 2 aromatic carbocycles. The van der Waals surface area contributed by atoms with Gasteiger partial charge in [0.1, 0.15) is 0 Å². The smallest absolute Gasteiger partial charge is 0.0219 e. The Kier molecular flexibility index (Phi) is 7.08. The highest BCUT2D eigenvalue weighted by Gasteiger charge is 1.99. The second-order valence-electron chi connectivity index (χ2n) is 5.38. The molecule has 0 aliphatic carbocycles. The largest absolute Gasteiger partial charge is 0.0683 e. The van der Waals surface area contributed by atoms with Crippen LogP contribution >= 0.6 is 0 Å². The van der Waals surface area contributed by atoms with E-state index >= 15 is 0 Å². The molecule has 0 spiro atoms. The highest BCUT2D eigenvalue weighted by Crippen LogP contribution is 2.16. The van der Waals surface area contributed by atoms with E-state index in [0.29, 0.717) is 5.92 Å². The van der Waals surface area contributed by atoms with Crippen molar-refractivity contribution < 1.29 is 0 Å². The summed E-state index contributed by atoms with van der Waals surface area (Å²) in [5.41, 5.74) is 5.61. The topological polar surface area (TPSA) is 0 Å². The van der Waals surface area contributed by atoms with E-state index in [0.717, 1.165) is 12.8 Å². The summed E-state index contributed by atoms with van der Waals surface area (Å²) in [5, 5.41) is 0. The average molecular weight is 268 g/mol. The SMILES string of the molecule is CC.Cc1ccc(CCc2ccc(C(C)C)cc2)cc1. The maximum atomic E-state index is 2.27. The van der Waals surface area contributed by atoms with Gasteiger partial charge >= 0.3 is 0 Å². The summed E-state index contributed by atoms with van der Waals surface area (Å²) in [6.45, 7) is 10.6. The number of aryl methyl sites for hydroxylation is 3. The third kappa shape index (κ3) is 5.21. The minimum Gasteiger partial charge on any atom is -0.0683 e. The molecule has 0 N–H and O–H groups in total. The molecular formula is C20H28. The van der Waals surface area contributed by atoms with E-state index in [1.165, 1.54) is 22.3 Å². The van der Waals surface area contributed by atoms with Crippen molar-refractivity contribution >= 4 is 0 Å². The molecule has 108 valence electrons. The zero-order valence-corrected chi connectivity index (χ0v) is 13.6. The van der Waals surface area contributed by atoms with Crippen molar-refractivity contribution in [2.24, 2.45) is 0 Å². The van der Waals surface area contributed by atoms with Gasteiger partial charge in [0.25, 0.3) is 0 Å². The molecule has 0 aliphatic heterocycles. The molecule has 0 radical (unpaired) electrons. The summed E-state index contributed by atoms with van der Waals surface area (Å²) < 4.78 is 0. The molecule has 2 aromatic rings. The summed E-state index contributed by atoms with van der Waals surface area (Å²) in [7, 11) is 0. The van der Waals surface area contributed by atoms with E-state index in [9.17, 15) is 0 Å². The van der Waals surface area contributed by atoms with Crippen molar-refractivity contribution in [2.45, 2.75) is 53.4 Å². The fourth-order valence-corrected chi connectivity index (χ4v) is 2.11. The van der Waals surface area contributed by atoms with Crippen molar-refractivity contribution in [1.29, 1.82) is 0 Å². The number of hydrogen-bond acceptors (Lipinski definition) is 0. The molecule has 0 aliphatic rings. The summed E-state index contributed by atoms with van der Waals surface area (Å²) >= 11 is 0. The Labute approximate surface area is 124 Å². The maximum absolute atomic E-state index is 2.27. The van der Waals surface area contributed by atoms with Crippen molar-refractivity contribution in [3.8, 4) is 0 Å². The van der Waals surface area contributed by atoms with E-state index in [1.807, 2.05) is 13.8 Å². The second kappa shape index (κ2) is 8.58. The van der Waals surface area contributed by atoms with Gasteiger partial charge in [-0.1, -0.05) is 81.8 Å². The molecule has 0 fully saturated rings. The first kappa shape index (κ1) is 16.5. The van der Waals surface area contributed by atoms with Gasteiger partial charge in [-0.25, -0.2) is 0 Å². The summed E-state index contributed by atoms with van der Waals surface area (Å²) in [4.78, 5) is 0. The van der Waals surface area contributed by atoms with Crippen LogP contribution < -0.4 is 0 Å². The molecule has 20 heavy (non-hydrogen) atoms. The van der Waals surface area contributed by atoms with Crippen molar-refractivity contribution in [3.05, 3.63) is 70.8 Å². The predicted octanol–water partition coefficient (Wildman–Crippen LogP) is 5.93. The van der Waals surface area contributed by atoms with Gasteiger partial charge in [-0.2, -0.15) is 0 Å². The van der Waals surface area contributed by atoms with Gasteiger partial charge in [0.15, 0.2) is 0 Å². The Balaban J connectivity index is 0.000000956. The van der Waals surface area contributed by atoms with Crippen LogP contribution in [0.2, 0.25) is 0 Å². The molecule has 0 aromatic heterocycles. The van der Waals surface area contributed by atoms with E-state index < -0.39 is 0 Å². The Morgan fingerprint density at radius 3 is 1.50 bits per heavy atom. The molecule has 0 heterocycles. The molecule has 0 heteroatoms. The highest BCUT2D eigenvalue weighted by atomic mass is 14.0. The fourth-order valence-electron chi connectivity index (χ4n) is 2.11. The molecular weight excluding hydrogens is 240 g/mol. The van der Waals surface area contributed by atoms with Gasteiger partial charge in [-0.15, -0.1) is 0 Å². The molecule has 0 atom stereocenters. The molecule has 0 bridgehead atoms. The van der Waals surface area contributed by atoms with Gasteiger partial charge in [0.2, 0.25) is 0 Å². The molecule has 2 rings (SSSR count). The lowest BCUT2D eigenvalue weighted by molar-refractivity contribution is 0.862. The predicted molar refractivity (Wildman–Crippen MR) is 90.5 cm³/mol. The second-order valence-corrected chi connectivity index (χ2v) is 5.38. The zero-order chi connectivity index (χ0) is 15.0. The molecule has 0 unspecified atom stereocenters. The monoisotopic (exact) mass is 268 g/mol. The lowest BCUT2D eigenvalue weighted by Crippen LogP contribution is -1.93. The van der Waals surface area contributed by atoms with Crippen LogP contribution in [0.3, 0.4) is 0 Å². The van der Waals surface area contributed by atoms with Crippen molar-refractivity contribution in [3.63, 3.8) is 0 Å². The highest BCUT2D eigenvalue weighted by molar-refractivity contribution is 5.27. The fraction of sp³-hybridized carbons (Fsp3) is 0.400. The van der Waals surface area contributed by atoms with E-state index in [1.54, 1.807) is 0 Å². The number of benzene rings is 2. The third-order valence-electron chi connectivity index (χ3n) is 3.47. The van der Waals surface area contributed by atoms with Crippen LogP contribution in [0.4, 0.5) is 0 Å². The quantitative estimate of drug-likeness (QED) is 0.644. The van der Waals surface area contributed by atoms with Gasteiger partial charge in [-0.05, 0) is 42.4 Å². The lowest BCUT2D eigenvalue weighted by Gasteiger charge is -2.07. The van der Waals surface area contributed by atoms with Crippen LogP contribution in [0.1, 0.15) is 55.9 Å². The summed E-state index contributed by atoms with van der Waals surface area (Å²) in [5.74, 6) is 0.621. The minimum absolute atomic E-state index is 0.621.